The molecular weight excluding hydrogens is 336 g/mol. The van der Waals surface area contributed by atoms with Gasteiger partial charge in [0.05, 0.1) is 11.1 Å². The van der Waals surface area contributed by atoms with Crippen LogP contribution in [0.4, 0.5) is 5.69 Å². The summed E-state index contributed by atoms with van der Waals surface area (Å²) in [4.78, 5) is 0. The number of aromatic hydroxyl groups is 1. The highest BCUT2D eigenvalue weighted by Gasteiger charge is 2.44. The van der Waals surface area contributed by atoms with Crippen molar-refractivity contribution in [3.8, 4) is 5.75 Å². The molecule has 0 bridgehead atoms. The molecule has 3 N–H and O–H groups in total. The summed E-state index contributed by atoms with van der Waals surface area (Å²) in [7, 11) is 0. The first kappa shape index (κ1) is 19.2. The number of phenolic OH excluding ortho intramolecular Hbond substituents is 1. The highest BCUT2D eigenvalue weighted by Crippen LogP contribution is 2.38. The largest absolute Gasteiger partial charge is 0.508 e. The minimum atomic E-state index is -0.386. The molecule has 0 aromatic heterocycles. The maximum atomic E-state index is 10.4. The highest BCUT2D eigenvalue weighted by molar-refractivity contribution is 5.70. The molecule has 0 saturated heterocycles. The van der Waals surface area contributed by atoms with Gasteiger partial charge in [0.25, 0.3) is 0 Å². The topological polar surface area (TPSA) is 55.7 Å². The molecule has 2 aromatic rings. The summed E-state index contributed by atoms with van der Waals surface area (Å²) in [6.45, 7) is 8.78. The molecule has 0 amide bonds. The third-order valence-electron chi connectivity index (χ3n) is 5.14. The Kier molecular flexibility index (Phi) is 5.13. The van der Waals surface area contributed by atoms with Gasteiger partial charge in [-0.2, -0.15) is 5.06 Å². The van der Waals surface area contributed by atoms with Crippen LogP contribution in [0, 0.1) is 0 Å². The van der Waals surface area contributed by atoms with Crippen molar-refractivity contribution < 1.29 is 10.3 Å². The second-order valence-electron chi connectivity index (χ2n) is 8.09. The molecule has 0 spiro atoms. The summed E-state index contributed by atoms with van der Waals surface area (Å²) in [5, 5.41) is 24.6. The zero-order valence-corrected chi connectivity index (χ0v) is 16.4. The van der Waals surface area contributed by atoms with Gasteiger partial charge in [0.15, 0.2) is 0 Å². The fourth-order valence-electron chi connectivity index (χ4n) is 3.48. The number of nitrogens with zero attached hydrogens (tertiary/aromatic N) is 1. The van der Waals surface area contributed by atoms with Crippen LogP contribution < -0.4 is 5.32 Å². The van der Waals surface area contributed by atoms with Crippen molar-refractivity contribution in [3.05, 3.63) is 71.3 Å². The van der Waals surface area contributed by atoms with E-state index in [4.69, 9.17) is 0 Å². The predicted molar refractivity (Wildman–Crippen MR) is 112 cm³/mol. The van der Waals surface area contributed by atoms with Crippen LogP contribution >= 0.6 is 0 Å². The van der Waals surface area contributed by atoms with Crippen molar-refractivity contribution in [1.82, 2.24) is 5.06 Å². The van der Waals surface area contributed by atoms with Crippen molar-refractivity contribution in [2.45, 2.75) is 38.8 Å². The standard InChI is InChI=1S/C23H28N2O2/c1-22(2)15-19(23(3,4)25(22)27)16-24-20-11-7-17(8-12-20)5-6-18-9-13-21(26)14-10-18/h5-15,24,26-27H,16H2,1-4H3/b6-5+. The third-order valence-corrected chi connectivity index (χ3v) is 5.14. The van der Waals surface area contributed by atoms with E-state index in [9.17, 15) is 10.3 Å². The first-order valence-corrected chi connectivity index (χ1v) is 9.21. The van der Waals surface area contributed by atoms with Gasteiger partial charge in [-0.1, -0.05) is 42.5 Å². The minimum absolute atomic E-state index is 0.274. The van der Waals surface area contributed by atoms with E-state index >= 15 is 0 Å². The number of benzene rings is 2. The molecular formula is C23H28N2O2. The SMILES string of the molecule is CC1(C)C=C(CNc2ccc(/C=C/c3ccc(O)cc3)cc2)C(C)(C)N1O. The van der Waals surface area contributed by atoms with Gasteiger partial charge in [0, 0.05) is 12.2 Å². The van der Waals surface area contributed by atoms with Gasteiger partial charge in [-0.3, -0.25) is 0 Å². The quantitative estimate of drug-likeness (QED) is 0.506. The smallest absolute Gasteiger partial charge is 0.115 e. The van der Waals surface area contributed by atoms with E-state index in [0.29, 0.717) is 6.54 Å². The summed E-state index contributed by atoms with van der Waals surface area (Å²) in [5.74, 6) is 0.274. The molecule has 4 heteroatoms. The van der Waals surface area contributed by atoms with Crippen LogP contribution in [0.3, 0.4) is 0 Å². The zero-order valence-electron chi connectivity index (χ0n) is 16.4. The summed E-state index contributed by atoms with van der Waals surface area (Å²) < 4.78 is 0. The Balaban J connectivity index is 1.62. The summed E-state index contributed by atoms with van der Waals surface area (Å²) in [5.41, 5.74) is 3.62. The molecule has 0 unspecified atom stereocenters. The number of phenols is 1. The number of nitrogens with one attached hydrogen (secondary N) is 1. The molecule has 4 nitrogen and oxygen atoms in total. The Morgan fingerprint density at radius 1 is 0.889 bits per heavy atom. The van der Waals surface area contributed by atoms with Gasteiger partial charge in [-0.25, -0.2) is 0 Å². The van der Waals surface area contributed by atoms with Crippen LogP contribution in [0.25, 0.3) is 12.2 Å². The number of hydroxylamine groups is 2. The van der Waals surface area contributed by atoms with Crippen LogP contribution in [0.5, 0.6) is 5.75 Å². The van der Waals surface area contributed by atoms with Gasteiger partial charge in [-0.05, 0) is 68.7 Å². The van der Waals surface area contributed by atoms with Crippen LogP contribution in [0.2, 0.25) is 0 Å². The fraction of sp³-hybridized carbons (Fsp3) is 0.304. The Hall–Kier alpha value is -2.56. The second kappa shape index (κ2) is 7.22. The zero-order chi connectivity index (χ0) is 19.7. The third kappa shape index (κ3) is 4.24. The molecule has 3 rings (SSSR count). The summed E-state index contributed by atoms with van der Waals surface area (Å²) in [6, 6.07) is 15.4. The maximum absolute atomic E-state index is 10.4. The van der Waals surface area contributed by atoms with Crippen LogP contribution in [-0.2, 0) is 0 Å². The normalized spacial score (nSPS) is 18.6. The average molecular weight is 364 g/mol. The predicted octanol–water partition coefficient (Wildman–Crippen LogP) is 5.16. The van der Waals surface area contributed by atoms with Crippen molar-refractivity contribution in [2.75, 3.05) is 11.9 Å². The molecule has 0 saturated carbocycles. The molecule has 142 valence electrons. The lowest BCUT2D eigenvalue weighted by atomic mass is 9.96. The van der Waals surface area contributed by atoms with E-state index in [-0.39, 0.29) is 16.8 Å². The molecule has 0 aliphatic carbocycles. The van der Waals surface area contributed by atoms with E-state index in [0.717, 1.165) is 16.8 Å². The Morgan fingerprint density at radius 2 is 1.41 bits per heavy atom. The van der Waals surface area contributed by atoms with Crippen LogP contribution in [0.15, 0.2) is 60.2 Å². The maximum Gasteiger partial charge on any atom is 0.115 e. The minimum Gasteiger partial charge on any atom is -0.508 e. The van der Waals surface area contributed by atoms with Gasteiger partial charge < -0.3 is 15.6 Å². The second-order valence-corrected chi connectivity index (χ2v) is 8.09. The molecule has 0 fully saturated rings. The van der Waals surface area contributed by atoms with Gasteiger partial charge in [0.2, 0.25) is 0 Å². The molecule has 1 heterocycles. The molecule has 0 radical (unpaired) electrons. The lowest BCUT2D eigenvalue weighted by molar-refractivity contribution is -0.185. The Morgan fingerprint density at radius 3 is 1.89 bits per heavy atom. The Labute approximate surface area is 161 Å². The first-order valence-electron chi connectivity index (χ1n) is 9.21. The first-order chi connectivity index (χ1) is 12.7. The van der Waals surface area contributed by atoms with E-state index in [1.165, 1.54) is 10.6 Å². The van der Waals surface area contributed by atoms with Crippen molar-refractivity contribution in [3.63, 3.8) is 0 Å². The van der Waals surface area contributed by atoms with Crippen LogP contribution in [-0.4, -0.2) is 33.0 Å². The highest BCUT2D eigenvalue weighted by atomic mass is 16.5. The van der Waals surface area contributed by atoms with E-state index < -0.39 is 0 Å². The van der Waals surface area contributed by atoms with E-state index in [1.807, 2.05) is 52.0 Å². The van der Waals surface area contributed by atoms with Crippen molar-refractivity contribution >= 4 is 17.8 Å². The van der Waals surface area contributed by atoms with Crippen LogP contribution in [0.1, 0.15) is 38.8 Å². The Bertz CT molecular complexity index is 847. The number of hydrogen-bond donors (Lipinski definition) is 3. The summed E-state index contributed by atoms with van der Waals surface area (Å²) in [6.07, 6.45) is 6.20. The van der Waals surface area contributed by atoms with E-state index in [1.54, 1.807) is 12.1 Å². The van der Waals surface area contributed by atoms with Gasteiger partial charge >= 0.3 is 0 Å². The average Bonchev–Trinajstić information content (AvgIpc) is 2.79. The molecule has 1 aliphatic rings. The van der Waals surface area contributed by atoms with Gasteiger partial charge in [-0.15, -0.1) is 0 Å². The number of hydrogen-bond acceptors (Lipinski definition) is 4. The number of rotatable bonds is 5. The lowest BCUT2D eigenvalue weighted by Gasteiger charge is -2.36. The monoisotopic (exact) mass is 364 g/mol. The van der Waals surface area contributed by atoms with E-state index in [2.05, 4.69) is 35.7 Å². The molecule has 27 heavy (non-hydrogen) atoms. The van der Waals surface area contributed by atoms with Crippen molar-refractivity contribution in [2.24, 2.45) is 0 Å². The molecule has 1 aliphatic heterocycles. The molecule has 0 atom stereocenters. The number of anilines is 1. The van der Waals surface area contributed by atoms with Gasteiger partial charge in [0.1, 0.15) is 5.75 Å². The van der Waals surface area contributed by atoms with Crippen molar-refractivity contribution in [1.29, 1.82) is 0 Å². The summed E-state index contributed by atoms with van der Waals surface area (Å²) >= 11 is 0. The lowest BCUT2D eigenvalue weighted by Crippen LogP contribution is -2.48. The molecule has 2 aromatic carbocycles. The fourth-order valence-corrected chi connectivity index (χ4v) is 3.48.